The SMILES string of the molecule is N#Cc1cnc(N2CCN(CCF)CC2)c(Cl)c1. The summed E-state index contributed by atoms with van der Waals surface area (Å²) < 4.78 is 12.2. The summed E-state index contributed by atoms with van der Waals surface area (Å²) in [4.78, 5) is 8.37. The van der Waals surface area contributed by atoms with E-state index in [0.29, 0.717) is 22.9 Å². The minimum Gasteiger partial charge on any atom is -0.353 e. The van der Waals surface area contributed by atoms with Crippen molar-refractivity contribution in [1.82, 2.24) is 9.88 Å². The van der Waals surface area contributed by atoms with Gasteiger partial charge in [0.05, 0.1) is 10.6 Å². The van der Waals surface area contributed by atoms with E-state index >= 15 is 0 Å². The van der Waals surface area contributed by atoms with Crippen LogP contribution in [0.4, 0.5) is 10.2 Å². The van der Waals surface area contributed by atoms with E-state index in [1.54, 1.807) is 6.07 Å². The van der Waals surface area contributed by atoms with Crippen molar-refractivity contribution in [3.8, 4) is 6.07 Å². The van der Waals surface area contributed by atoms with Crippen LogP contribution >= 0.6 is 11.6 Å². The normalized spacial score (nSPS) is 16.6. The maximum absolute atomic E-state index is 12.2. The molecule has 1 saturated heterocycles. The molecule has 0 atom stereocenters. The molecule has 6 heteroatoms. The third-order valence-corrected chi connectivity index (χ3v) is 3.30. The summed E-state index contributed by atoms with van der Waals surface area (Å²) in [7, 11) is 0. The van der Waals surface area contributed by atoms with Crippen molar-refractivity contribution < 1.29 is 4.39 Å². The van der Waals surface area contributed by atoms with Crippen molar-refractivity contribution in [1.29, 1.82) is 5.26 Å². The lowest BCUT2D eigenvalue weighted by Crippen LogP contribution is -2.47. The largest absolute Gasteiger partial charge is 0.353 e. The van der Waals surface area contributed by atoms with Gasteiger partial charge in [0.15, 0.2) is 0 Å². The summed E-state index contributed by atoms with van der Waals surface area (Å²) in [6.45, 7) is 3.35. The molecule has 0 saturated carbocycles. The van der Waals surface area contributed by atoms with Crippen LogP contribution < -0.4 is 4.90 Å². The van der Waals surface area contributed by atoms with Crippen molar-refractivity contribution in [2.24, 2.45) is 0 Å². The summed E-state index contributed by atoms with van der Waals surface area (Å²) >= 11 is 6.11. The highest BCUT2D eigenvalue weighted by Crippen LogP contribution is 2.24. The van der Waals surface area contributed by atoms with Gasteiger partial charge < -0.3 is 4.90 Å². The standard InChI is InChI=1S/C12H14ClFN4/c13-11-7-10(8-15)9-16-12(11)18-5-3-17(2-1-14)4-6-18/h7,9H,1-6H2. The Morgan fingerprint density at radius 3 is 2.67 bits per heavy atom. The highest BCUT2D eigenvalue weighted by atomic mass is 35.5. The monoisotopic (exact) mass is 268 g/mol. The second-order valence-corrected chi connectivity index (χ2v) is 4.57. The predicted octanol–water partition coefficient (Wildman–Crippen LogP) is 1.70. The van der Waals surface area contributed by atoms with Crippen LogP contribution in [0.5, 0.6) is 0 Å². The lowest BCUT2D eigenvalue weighted by molar-refractivity contribution is 0.235. The Morgan fingerprint density at radius 1 is 1.39 bits per heavy atom. The van der Waals surface area contributed by atoms with Crippen LogP contribution in [0.1, 0.15) is 5.56 Å². The van der Waals surface area contributed by atoms with Crippen molar-refractivity contribution in [2.75, 3.05) is 44.3 Å². The molecule has 0 unspecified atom stereocenters. The first-order chi connectivity index (χ1) is 8.74. The van der Waals surface area contributed by atoms with Crippen LogP contribution in [0.3, 0.4) is 0 Å². The van der Waals surface area contributed by atoms with Gasteiger partial charge in [-0.25, -0.2) is 9.37 Å². The molecular formula is C12H14ClFN4. The fourth-order valence-corrected chi connectivity index (χ4v) is 2.31. The number of halogens is 2. The van der Waals surface area contributed by atoms with Gasteiger partial charge in [0, 0.05) is 38.9 Å². The van der Waals surface area contributed by atoms with Gasteiger partial charge in [-0.1, -0.05) is 11.6 Å². The third kappa shape index (κ3) is 2.89. The Balaban J connectivity index is 2.04. The first-order valence-electron chi connectivity index (χ1n) is 5.83. The van der Waals surface area contributed by atoms with Crippen LogP contribution in [0.2, 0.25) is 5.02 Å². The summed E-state index contributed by atoms with van der Waals surface area (Å²) in [5, 5.41) is 9.25. The molecule has 96 valence electrons. The molecule has 1 aromatic rings. The number of aromatic nitrogens is 1. The Bertz CT molecular complexity index is 452. The molecular weight excluding hydrogens is 255 g/mol. The van der Waals surface area contributed by atoms with Crippen LogP contribution in [0.25, 0.3) is 0 Å². The summed E-state index contributed by atoms with van der Waals surface area (Å²) in [6, 6.07) is 3.63. The topological polar surface area (TPSA) is 43.2 Å². The minimum atomic E-state index is -0.310. The molecule has 1 aliphatic rings. The molecule has 0 bridgehead atoms. The van der Waals surface area contributed by atoms with Gasteiger partial charge in [-0.05, 0) is 6.07 Å². The van der Waals surface area contributed by atoms with E-state index in [1.807, 2.05) is 6.07 Å². The summed E-state index contributed by atoms with van der Waals surface area (Å²) in [6.07, 6.45) is 1.52. The lowest BCUT2D eigenvalue weighted by atomic mass is 10.2. The third-order valence-electron chi connectivity index (χ3n) is 3.02. The van der Waals surface area contributed by atoms with Crippen LogP contribution in [0, 0.1) is 11.3 Å². The molecule has 0 aliphatic carbocycles. The van der Waals surface area contributed by atoms with E-state index in [4.69, 9.17) is 16.9 Å². The zero-order valence-electron chi connectivity index (χ0n) is 9.94. The first kappa shape index (κ1) is 13.1. The molecule has 18 heavy (non-hydrogen) atoms. The molecule has 0 radical (unpaired) electrons. The number of nitrogens with zero attached hydrogens (tertiary/aromatic N) is 4. The molecule has 0 amide bonds. The van der Waals surface area contributed by atoms with Crippen LogP contribution in [0.15, 0.2) is 12.3 Å². The number of hydrogen-bond donors (Lipinski definition) is 0. The van der Waals surface area contributed by atoms with Gasteiger partial charge in [-0.3, -0.25) is 4.90 Å². The van der Waals surface area contributed by atoms with Gasteiger partial charge in [-0.2, -0.15) is 5.26 Å². The van der Waals surface area contributed by atoms with Crippen molar-refractivity contribution in [2.45, 2.75) is 0 Å². The predicted molar refractivity (Wildman–Crippen MR) is 68.6 cm³/mol. The van der Waals surface area contributed by atoms with Gasteiger partial charge in [0.2, 0.25) is 0 Å². The Kier molecular flexibility index (Phi) is 4.34. The Labute approximate surface area is 111 Å². The number of piperazine rings is 1. The molecule has 4 nitrogen and oxygen atoms in total. The van der Waals surface area contributed by atoms with Gasteiger partial charge in [0.1, 0.15) is 18.6 Å². The number of hydrogen-bond acceptors (Lipinski definition) is 4. The van der Waals surface area contributed by atoms with Gasteiger partial charge in [0.25, 0.3) is 0 Å². The Morgan fingerprint density at radius 2 is 2.11 bits per heavy atom. The lowest BCUT2D eigenvalue weighted by Gasteiger charge is -2.35. The van der Waals surface area contributed by atoms with E-state index in [9.17, 15) is 4.39 Å². The highest BCUT2D eigenvalue weighted by Gasteiger charge is 2.19. The maximum atomic E-state index is 12.2. The highest BCUT2D eigenvalue weighted by molar-refractivity contribution is 6.33. The summed E-state index contributed by atoms with van der Waals surface area (Å²) in [5.74, 6) is 0.704. The maximum Gasteiger partial charge on any atom is 0.147 e. The molecule has 0 aromatic carbocycles. The molecule has 1 fully saturated rings. The average Bonchev–Trinajstić information content (AvgIpc) is 2.40. The number of anilines is 1. The van der Waals surface area contributed by atoms with E-state index in [2.05, 4.69) is 14.8 Å². The molecule has 2 rings (SSSR count). The quantitative estimate of drug-likeness (QED) is 0.837. The van der Waals surface area contributed by atoms with E-state index in [0.717, 1.165) is 26.2 Å². The zero-order valence-corrected chi connectivity index (χ0v) is 10.7. The second-order valence-electron chi connectivity index (χ2n) is 4.16. The number of nitriles is 1. The smallest absolute Gasteiger partial charge is 0.147 e. The number of pyridine rings is 1. The number of alkyl halides is 1. The summed E-state index contributed by atoms with van der Waals surface area (Å²) in [5.41, 5.74) is 0.458. The van der Waals surface area contributed by atoms with Crippen LogP contribution in [-0.2, 0) is 0 Å². The molecule has 1 aliphatic heterocycles. The number of rotatable bonds is 3. The second kappa shape index (κ2) is 5.98. The zero-order chi connectivity index (χ0) is 13.0. The van der Waals surface area contributed by atoms with Crippen molar-refractivity contribution >= 4 is 17.4 Å². The average molecular weight is 269 g/mol. The fourth-order valence-electron chi connectivity index (χ4n) is 2.03. The fraction of sp³-hybridized carbons (Fsp3) is 0.500. The molecule has 0 N–H and O–H groups in total. The van der Waals surface area contributed by atoms with Crippen LogP contribution in [-0.4, -0.2) is 49.3 Å². The van der Waals surface area contributed by atoms with Gasteiger partial charge >= 0.3 is 0 Å². The van der Waals surface area contributed by atoms with E-state index in [-0.39, 0.29) is 6.67 Å². The molecule has 0 spiro atoms. The molecule has 1 aromatic heterocycles. The minimum absolute atomic E-state index is 0.310. The van der Waals surface area contributed by atoms with E-state index in [1.165, 1.54) is 6.20 Å². The van der Waals surface area contributed by atoms with Crippen molar-refractivity contribution in [3.05, 3.63) is 22.8 Å². The first-order valence-corrected chi connectivity index (χ1v) is 6.21. The van der Waals surface area contributed by atoms with Gasteiger partial charge in [-0.15, -0.1) is 0 Å². The Hall–Kier alpha value is -1.38. The molecule has 2 heterocycles. The van der Waals surface area contributed by atoms with E-state index < -0.39 is 0 Å². The van der Waals surface area contributed by atoms with Crippen molar-refractivity contribution in [3.63, 3.8) is 0 Å².